The van der Waals surface area contributed by atoms with Crippen LogP contribution in [0, 0.1) is 0 Å². The molecule has 0 atom stereocenters. The molecular weight excluding hydrogens is 382 g/mol. The van der Waals surface area contributed by atoms with Crippen molar-refractivity contribution in [1.82, 2.24) is 9.99 Å². The molecule has 0 saturated heterocycles. The second kappa shape index (κ2) is 6.88. The standard InChI is InChI=1S/C19H18BrN3O2/c20-15-5-6-17-14(9-15)10-18(25-17)19(24)22-21-11-13-7-8-23(12-13)16-3-1-2-4-16/h5-12,16H,1-4H2,(H,22,24)/b21-11+. The number of halogens is 1. The lowest BCUT2D eigenvalue weighted by Crippen LogP contribution is -2.16. The van der Waals surface area contributed by atoms with Crippen LogP contribution in [0.2, 0.25) is 0 Å². The Morgan fingerprint density at radius 2 is 2.12 bits per heavy atom. The number of rotatable bonds is 4. The van der Waals surface area contributed by atoms with Gasteiger partial charge in [-0.2, -0.15) is 5.10 Å². The maximum atomic E-state index is 12.2. The molecule has 0 radical (unpaired) electrons. The third kappa shape index (κ3) is 3.54. The van der Waals surface area contributed by atoms with E-state index in [1.165, 1.54) is 25.7 Å². The van der Waals surface area contributed by atoms with Crippen molar-refractivity contribution in [3.05, 3.63) is 58.5 Å². The van der Waals surface area contributed by atoms with E-state index in [-0.39, 0.29) is 11.7 Å². The third-order valence-corrected chi connectivity index (χ3v) is 5.06. The summed E-state index contributed by atoms with van der Waals surface area (Å²) in [7, 11) is 0. The van der Waals surface area contributed by atoms with Gasteiger partial charge in [-0.15, -0.1) is 0 Å². The number of carbonyl (C=O) groups excluding carboxylic acids is 1. The Balaban J connectivity index is 1.41. The topological polar surface area (TPSA) is 59.5 Å². The summed E-state index contributed by atoms with van der Waals surface area (Å²) in [5.41, 5.74) is 4.16. The highest BCUT2D eigenvalue weighted by Gasteiger charge is 2.16. The van der Waals surface area contributed by atoms with E-state index in [1.807, 2.05) is 24.3 Å². The predicted molar refractivity (Wildman–Crippen MR) is 101 cm³/mol. The minimum Gasteiger partial charge on any atom is -0.451 e. The van der Waals surface area contributed by atoms with Gasteiger partial charge in [0, 0.05) is 33.9 Å². The first kappa shape index (κ1) is 16.1. The SMILES string of the molecule is O=C(N/N=C/c1ccn(C2CCCC2)c1)c1cc2cc(Br)ccc2o1. The number of furan rings is 1. The van der Waals surface area contributed by atoms with Gasteiger partial charge in [0.15, 0.2) is 5.76 Å². The number of nitrogens with zero attached hydrogens (tertiary/aromatic N) is 2. The van der Waals surface area contributed by atoms with Crippen LogP contribution in [0.25, 0.3) is 11.0 Å². The first-order valence-corrected chi connectivity index (χ1v) is 9.18. The molecule has 5 nitrogen and oxygen atoms in total. The molecule has 25 heavy (non-hydrogen) atoms. The molecule has 1 amide bonds. The normalized spacial score (nSPS) is 15.4. The fourth-order valence-electron chi connectivity index (χ4n) is 3.28. The van der Waals surface area contributed by atoms with Crippen molar-refractivity contribution in [1.29, 1.82) is 0 Å². The molecule has 6 heteroatoms. The Morgan fingerprint density at radius 3 is 2.96 bits per heavy atom. The largest absolute Gasteiger partial charge is 0.451 e. The summed E-state index contributed by atoms with van der Waals surface area (Å²) < 4.78 is 8.73. The van der Waals surface area contributed by atoms with E-state index >= 15 is 0 Å². The van der Waals surface area contributed by atoms with Gasteiger partial charge >= 0.3 is 5.91 Å². The van der Waals surface area contributed by atoms with Crippen molar-refractivity contribution in [2.24, 2.45) is 5.10 Å². The summed E-state index contributed by atoms with van der Waals surface area (Å²) in [6, 6.07) is 9.93. The number of hydrogen-bond acceptors (Lipinski definition) is 3. The van der Waals surface area contributed by atoms with Crippen molar-refractivity contribution in [2.45, 2.75) is 31.7 Å². The molecule has 1 aromatic carbocycles. The van der Waals surface area contributed by atoms with Gasteiger partial charge in [0.25, 0.3) is 0 Å². The molecule has 4 rings (SSSR count). The molecule has 128 valence electrons. The van der Waals surface area contributed by atoms with E-state index in [4.69, 9.17) is 4.42 Å². The number of hydrogen-bond donors (Lipinski definition) is 1. The molecule has 0 aliphatic heterocycles. The molecule has 0 unspecified atom stereocenters. The molecule has 1 aliphatic rings. The zero-order valence-corrected chi connectivity index (χ0v) is 15.2. The van der Waals surface area contributed by atoms with Crippen LogP contribution in [0.4, 0.5) is 0 Å². The average Bonchev–Trinajstić information content (AvgIpc) is 3.34. The van der Waals surface area contributed by atoms with Crippen molar-refractivity contribution < 1.29 is 9.21 Å². The molecule has 0 bridgehead atoms. The molecule has 2 heterocycles. The van der Waals surface area contributed by atoms with Crippen LogP contribution in [-0.2, 0) is 0 Å². The Labute approximate surface area is 153 Å². The summed E-state index contributed by atoms with van der Waals surface area (Å²) in [4.78, 5) is 12.2. The van der Waals surface area contributed by atoms with E-state index in [0.29, 0.717) is 11.6 Å². The predicted octanol–water partition coefficient (Wildman–Crippen LogP) is 4.88. The summed E-state index contributed by atoms with van der Waals surface area (Å²) in [5, 5.41) is 4.91. The zero-order valence-electron chi connectivity index (χ0n) is 13.6. The molecular formula is C19H18BrN3O2. The number of aromatic nitrogens is 1. The summed E-state index contributed by atoms with van der Waals surface area (Å²) in [5.74, 6) is -0.118. The van der Waals surface area contributed by atoms with Gasteiger partial charge in [0.2, 0.25) is 0 Å². The van der Waals surface area contributed by atoms with Crippen LogP contribution in [-0.4, -0.2) is 16.7 Å². The van der Waals surface area contributed by atoms with Crippen molar-refractivity contribution in [3.8, 4) is 0 Å². The Kier molecular flexibility index (Phi) is 4.44. The van der Waals surface area contributed by atoms with Crippen LogP contribution >= 0.6 is 15.9 Å². The van der Waals surface area contributed by atoms with Gasteiger partial charge in [0.05, 0.1) is 6.21 Å². The fourth-order valence-corrected chi connectivity index (χ4v) is 3.66. The molecule has 3 aromatic rings. The minimum absolute atomic E-state index is 0.244. The first-order valence-electron chi connectivity index (χ1n) is 8.39. The van der Waals surface area contributed by atoms with Crippen molar-refractivity contribution in [2.75, 3.05) is 0 Å². The van der Waals surface area contributed by atoms with Gasteiger partial charge in [-0.1, -0.05) is 28.8 Å². The van der Waals surface area contributed by atoms with Gasteiger partial charge in [-0.05, 0) is 43.2 Å². The number of amides is 1. The maximum Gasteiger partial charge on any atom is 0.307 e. The average molecular weight is 400 g/mol. The highest BCUT2D eigenvalue weighted by Crippen LogP contribution is 2.29. The van der Waals surface area contributed by atoms with Crippen LogP contribution < -0.4 is 5.43 Å². The smallest absolute Gasteiger partial charge is 0.307 e. The summed E-state index contributed by atoms with van der Waals surface area (Å²) in [6.07, 6.45) is 10.9. The molecule has 1 aliphatic carbocycles. The van der Waals surface area contributed by atoms with E-state index in [2.05, 4.69) is 43.4 Å². The van der Waals surface area contributed by atoms with Crippen molar-refractivity contribution >= 4 is 39.0 Å². The molecule has 1 N–H and O–H groups in total. The number of hydrazone groups is 1. The second-order valence-electron chi connectivity index (χ2n) is 6.32. The lowest BCUT2D eigenvalue weighted by molar-refractivity contribution is 0.0929. The monoisotopic (exact) mass is 399 g/mol. The van der Waals surface area contributed by atoms with Gasteiger partial charge in [-0.3, -0.25) is 4.79 Å². The quantitative estimate of drug-likeness (QED) is 0.502. The maximum absolute atomic E-state index is 12.2. The Morgan fingerprint density at radius 1 is 1.28 bits per heavy atom. The van der Waals surface area contributed by atoms with Gasteiger partial charge in [-0.25, -0.2) is 5.43 Å². The number of carbonyl (C=O) groups is 1. The van der Waals surface area contributed by atoms with E-state index < -0.39 is 0 Å². The van der Waals surface area contributed by atoms with Gasteiger partial charge in [0.1, 0.15) is 5.58 Å². The second-order valence-corrected chi connectivity index (χ2v) is 7.24. The zero-order chi connectivity index (χ0) is 17.2. The van der Waals surface area contributed by atoms with Crippen molar-refractivity contribution in [3.63, 3.8) is 0 Å². The molecule has 0 spiro atoms. The van der Waals surface area contributed by atoms with Crippen LogP contribution in [0.1, 0.15) is 47.8 Å². The number of fused-ring (bicyclic) bond motifs is 1. The van der Waals surface area contributed by atoms with E-state index in [0.717, 1.165) is 15.4 Å². The van der Waals surface area contributed by atoms with E-state index in [9.17, 15) is 4.79 Å². The highest BCUT2D eigenvalue weighted by atomic mass is 79.9. The van der Waals surface area contributed by atoms with E-state index in [1.54, 1.807) is 12.3 Å². The van der Waals surface area contributed by atoms with Crippen LogP contribution in [0.15, 0.2) is 56.7 Å². The number of benzene rings is 1. The Bertz CT molecular complexity index is 935. The lowest BCUT2D eigenvalue weighted by atomic mass is 10.2. The lowest BCUT2D eigenvalue weighted by Gasteiger charge is -2.10. The molecule has 1 saturated carbocycles. The van der Waals surface area contributed by atoms with Crippen LogP contribution in [0.5, 0.6) is 0 Å². The van der Waals surface area contributed by atoms with Gasteiger partial charge < -0.3 is 8.98 Å². The molecule has 1 fully saturated rings. The highest BCUT2D eigenvalue weighted by molar-refractivity contribution is 9.10. The van der Waals surface area contributed by atoms with Crippen LogP contribution in [0.3, 0.4) is 0 Å². The third-order valence-electron chi connectivity index (χ3n) is 4.57. The molecule has 2 aromatic heterocycles. The fraction of sp³-hybridized carbons (Fsp3) is 0.263. The summed E-state index contributed by atoms with van der Waals surface area (Å²) >= 11 is 3.41. The minimum atomic E-state index is -0.362. The Hall–Kier alpha value is -2.34. The number of nitrogens with one attached hydrogen (secondary N) is 1. The summed E-state index contributed by atoms with van der Waals surface area (Å²) in [6.45, 7) is 0. The first-order chi connectivity index (χ1) is 12.2.